The summed E-state index contributed by atoms with van der Waals surface area (Å²) in [7, 11) is 0. The quantitative estimate of drug-likeness (QED) is 0.822. The van der Waals surface area contributed by atoms with Crippen LogP contribution in [0, 0.1) is 5.82 Å². The maximum atomic E-state index is 13.7. The van der Waals surface area contributed by atoms with Crippen LogP contribution < -0.4 is 10.2 Å². The number of nitrogens with zero attached hydrogens (tertiary/aromatic N) is 1. The normalized spacial score (nSPS) is 14.4. The molecule has 1 aliphatic rings. The average molecular weight is 358 g/mol. The fourth-order valence-corrected chi connectivity index (χ4v) is 3.66. The molecule has 1 heterocycles. The van der Waals surface area contributed by atoms with Crippen molar-refractivity contribution < 1.29 is 9.18 Å². The molecule has 1 amide bonds. The molecule has 132 valence electrons. The van der Waals surface area contributed by atoms with Gasteiger partial charge in [0.25, 0.3) is 5.91 Å². The molecular weight excluding hydrogens is 335 g/mol. The van der Waals surface area contributed by atoms with Gasteiger partial charge in [-0.3, -0.25) is 4.79 Å². The van der Waals surface area contributed by atoms with Crippen LogP contribution >= 0.6 is 11.8 Å². The monoisotopic (exact) mass is 358 g/mol. The van der Waals surface area contributed by atoms with Crippen LogP contribution in [0.25, 0.3) is 0 Å². The molecule has 0 aromatic heterocycles. The molecule has 25 heavy (non-hydrogen) atoms. The van der Waals surface area contributed by atoms with Crippen molar-refractivity contribution in [1.82, 2.24) is 0 Å². The number of piperidine rings is 1. The first-order valence-electron chi connectivity index (χ1n) is 8.61. The Morgan fingerprint density at radius 2 is 1.84 bits per heavy atom. The second-order valence-electron chi connectivity index (χ2n) is 6.29. The van der Waals surface area contributed by atoms with Crippen molar-refractivity contribution in [3.63, 3.8) is 0 Å². The maximum absolute atomic E-state index is 13.7. The van der Waals surface area contributed by atoms with Gasteiger partial charge in [-0.1, -0.05) is 12.1 Å². The van der Waals surface area contributed by atoms with Gasteiger partial charge in [0.2, 0.25) is 0 Å². The zero-order chi connectivity index (χ0) is 17.6. The van der Waals surface area contributed by atoms with Gasteiger partial charge in [-0.25, -0.2) is 4.39 Å². The largest absolute Gasteiger partial charge is 0.370 e. The molecule has 1 N–H and O–H groups in total. The van der Waals surface area contributed by atoms with E-state index in [9.17, 15) is 9.18 Å². The number of thioether (sulfide) groups is 1. The van der Waals surface area contributed by atoms with E-state index < -0.39 is 0 Å². The van der Waals surface area contributed by atoms with Crippen molar-refractivity contribution in [2.75, 3.05) is 29.6 Å². The number of amides is 1. The van der Waals surface area contributed by atoms with Crippen molar-refractivity contribution >= 4 is 29.0 Å². The molecule has 2 aromatic carbocycles. The number of benzene rings is 2. The minimum atomic E-state index is -0.341. The van der Waals surface area contributed by atoms with Crippen molar-refractivity contribution in [2.45, 2.75) is 25.0 Å². The third-order valence-electron chi connectivity index (χ3n) is 4.43. The van der Waals surface area contributed by atoms with Crippen molar-refractivity contribution in [3.05, 3.63) is 59.4 Å². The smallest absolute Gasteiger partial charge is 0.255 e. The van der Waals surface area contributed by atoms with Crippen molar-refractivity contribution in [2.24, 2.45) is 0 Å². The lowest BCUT2D eigenvalue weighted by atomic mass is 10.1. The van der Waals surface area contributed by atoms with Gasteiger partial charge in [-0.15, -0.1) is 0 Å². The number of halogens is 1. The predicted molar refractivity (Wildman–Crippen MR) is 104 cm³/mol. The van der Waals surface area contributed by atoms with E-state index >= 15 is 0 Å². The highest BCUT2D eigenvalue weighted by Crippen LogP contribution is 2.29. The number of hydrogen-bond donors (Lipinski definition) is 1. The Kier molecular flexibility index (Phi) is 5.97. The van der Waals surface area contributed by atoms with Gasteiger partial charge in [-0.05, 0) is 61.4 Å². The molecule has 0 radical (unpaired) electrons. The minimum absolute atomic E-state index is 0.209. The number of rotatable bonds is 5. The van der Waals surface area contributed by atoms with Gasteiger partial charge >= 0.3 is 0 Å². The van der Waals surface area contributed by atoms with Crippen LogP contribution in [0.5, 0.6) is 0 Å². The van der Waals surface area contributed by atoms with E-state index in [-0.39, 0.29) is 11.7 Å². The maximum Gasteiger partial charge on any atom is 0.255 e. The summed E-state index contributed by atoms with van der Waals surface area (Å²) in [5.74, 6) is 0.371. The van der Waals surface area contributed by atoms with Crippen LogP contribution in [0.4, 0.5) is 15.8 Å². The van der Waals surface area contributed by atoms with E-state index in [4.69, 9.17) is 0 Å². The van der Waals surface area contributed by atoms with E-state index in [0.29, 0.717) is 11.3 Å². The SMILES string of the molecule is CSCc1ccc(C(=O)Nc2cc(F)ccc2N2CCCCC2)cc1. The first kappa shape index (κ1) is 17.8. The van der Waals surface area contributed by atoms with Crippen LogP contribution in [0.3, 0.4) is 0 Å². The Morgan fingerprint density at radius 1 is 1.12 bits per heavy atom. The summed E-state index contributed by atoms with van der Waals surface area (Å²) in [5.41, 5.74) is 3.20. The highest BCUT2D eigenvalue weighted by Gasteiger charge is 2.17. The standard InChI is InChI=1S/C20H23FN2OS/c1-25-14-15-5-7-16(8-6-15)20(24)22-18-13-17(21)9-10-19(18)23-11-3-2-4-12-23/h5-10,13H,2-4,11-12,14H2,1H3,(H,22,24). The van der Waals surface area contributed by atoms with Gasteiger partial charge in [0.1, 0.15) is 5.82 Å². The Hall–Kier alpha value is -2.01. The Bertz CT molecular complexity index is 727. The third-order valence-corrected chi connectivity index (χ3v) is 5.05. The van der Waals surface area contributed by atoms with Gasteiger partial charge in [0, 0.05) is 24.4 Å². The summed E-state index contributed by atoms with van der Waals surface area (Å²) < 4.78 is 13.7. The van der Waals surface area contributed by atoms with Gasteiger partial charge in [0.15, 0.2) is 0 Å². The molecule has 0 spiro atoms. The fraction of sp³-hybridized carbons (Fsp3) is 0.350. The van der Waals surface area contributed by atoms with Gasteiger partial charge in [0.05, 0.1) is 11.4 Å². The zero-order valence-corrected chi connectivity index (χ0v) is 15.2. The molecule has 5 heteroatoms. The molecule has 1 saturated heterocycles. The molecule has 3 nitrogen and oxygen atoms in total. The number of anilines is 2. The lowest BCUT2D eigenvalue weighted by Gasteiger charge is -2.30. The molecule has 1 fully saturated rings. The Labute approximate surface area is 152 Å². The first-order valence-corrected chi connectivity index (χ1v) is 10.0. The summed E-state index contributed by atoms with van der Waals surface area (Å²) in [6.45, 7) is 1.88. The summed E-state index contributed by atoms with van der Waals surface area (Å²) in [5, 5.41) is 2.89. The van der Waals surface area contributed by atoms with Crippen LogP contribution in [-0.2, 0) is 5.75 Å². The van der Waals surface area contributed by atoms with Crippen molar-refractivity contribution in [3.8, 4) is 0 Å². The molecule has 3 rings (SSSR count). The van der Waals surface area contributed by atoms with E-state index in [1.54, 1.807) is 17.8 Å². The molecule has 0 saturated carbocycles. The second-order valence-corrected chi connectivity index (χ2v) is 7.16. The second kappa shape index (κ2) is 8.39. The van der Waals surface area contributed by atoms with E-state index in [1.807, 2.05) is 30.5 Å². The number of hydrogen-bond acceptors (Lipinski definition) is 3. The fourth-order valence-electron chi connectivity index (χ4n) is 3.13. The molecular formula is C20H23FN2OS. The average Bonchev–Trinajstić information content (AvgIpc) is 2.63. The van der Waals surface area contributed by atoms with Crippen LogP contribution in [0.2, 0.25) is 0 Å². The topological polar surface area (TPSA) is 32.3 Å². The summed E-state index contributed by atoms with van der Waals surface area (Å²) in [4.78, 5) is 14.8. The molecule has 0 atom stereocenters. The lowest BCUT2D eigenvalue weighted by molar-refractivity contribution is 0.102. The molecule has 2 aromatic rings. The van der Waals surface area contributed by atoms with Crippen LogP contribution in [0.1, 0.15) is 35.2 Å². The molecule has 0 bridgehead atoms. The van der Waals surface area contributed by atoms with Gasteiger partial charge < -0.3 is 10.2 Å². The highest BCUT2D eigenvalue weighted by molar-refractivity contribution is 7.97. The third kappa shape index (κ3) is 4.54. The van der Waals surface area contributed by atoms with Crippen LogP contribution in [-0.4, -0.2) is 25.3 Å². The number of nitrogens with one attached hydrogen (secondary N) is 1. The Morgan fingerprint density at radius 3 is 2.52 bits per heavy atom. The zero-order valence-electron chi connectivity index (χ0n) is 14.4. The molecule has 0 unspecified atom stereocenters. The van der Waals surface area contributed by atoms with E-state index in [1.165, 1.54) is 24.1 Å². The van der Waals surface area contributed by atoms with Gasteiger partial charge in [-0.2, -0.15) is 11.8 Å². The molecule has 0 aliphatic carbocycles. The summed E-state index contributed by atoms with van der Waals surface area (Å²) >= 11 is 1.74. The van der Waals surface area contributed by atoms with Crippen molar-refractivity contribution in [1.29, 1.82) is 0 Å². The lowest BCUT2D eigenvalue weighted by Crippen LogP contribution is -2.30. The highest BCUT2D eigenvalue weighted by atomic mass is 32.2. The minimum Gasteiger partial charge on any atom is -0.370 e. The van der Waals surface area contributed by atoms with E-state index in [0.717, 1.165) is 37.4 Å². The number of carbonyl (C=O) groups excluding carboxylic acids is 1. The van der Waals surface area contributed by atoms with Crippen LogP contribution in [0.15, 0.2) is 42.5 Å². The molecule has 1 aliphatic heterocycles. The summed E-state index contributed by atoms with van der Waals surface area (Å²) in [6.07, 6.45) is 5.53. The first-order chi connectivity index (χ1) is 12.2. The number of carbonyl (C=O) groups is 1. The van der Waals surface area contributed by atoms with E-state index in [2.05, 4.69) is 10.2 Å². The Balaban J connectivity index is 1.79. The summed E-state index contributed by atoms with van der Waals surface area (Å²) in [6, 6.07) is 12.2. The predicted octanol–water partition coefficient (Wildman–Crippen LogP) is 4.93.